The van der Waals surface area contributed by atoms with Crippen molar-refractivity contribution in [1.82, 2.24) is 10.6 Å². The van der Waals surface area contributed by atoms with Gasteiger partial charge in [-0.25, -0.2) is 4.79 Å². The summed E-state index contributed by atoms with van der Waals surface area (Å²) < 4.78 is 28.3. The summed E-state index contributed by atoms with van der Waals surface area (Å²) in [6, 6.07) is 5.63. The summed E-state index contributed by atoms with van der Waals surface area (Å²) in [4.78, 5) is 23.3. The fraction of sp³-hybridized carbons (Fsp3) is 0.385. The molecule has 0 aromatic heterocycles. The molecule has 0 saturated heterocycles. The van der Waals surface area contributed by atoms with E-state index in [-0.39, 0.29) is 12.3 Å². The largest absolute Gasteiger partial charge is 0.435 e. The minimum absolute atomic E-state index is 0.0868. The van der Waals surface area contributed by atoms with Gasteiger partial charge < -0.3 is 15.0 Å². The molecule has 0 heterocycles. The lowest BCUT2D eigenvalue weighted by Crippen LogP contribution is -3.09. The molecule has 116 valence electrons. The van der Waals surface area contributed by atoms with Crippen LogP contribution < -0.4 is 20.3 Å². The lowest BCUT2D eigenvalue weighted by atomic mass is 10.2. The Morgan fingerprint density at radius 1 is 1.29 bits per heavy atom. The molecule has 1 aromatic rings. The van der Waals surface area contributed by atoms with Crippen molar-refractivity contribution in [3.05, 3.63) is 29.8 Å². The van der Waals surface area contributed by atoms with E-state index in [1.54, 1.807) is 19.2 Å². The first kappa shape index (κ1) is 16.8. The quantitative estimate of drug-likeness (QED) is 0.679. The number of benzene rings is 1. The number of ether oxygens (including phenoxy) is 1. The van der Waals surface area contributed by atoms with Gasteiger partial charge in [-0.3, -0.25) is 10.1 Å². The smallest absolute Gasteiger partial charge is 0.387 e. The summed E-state index contributed by atoms with van der Waals surface area (Å²) >= 11 is 0. The van der Waals surface area contributed by atoms with Crippen molar-refractivity contribution >= 4 is 11.9 Å². The Balaban J connectivity index is 2.45. The highest BCUT2D eigenvalue weighted by atomic mass is 19.3. The van der Waals surface area contributed by atoms with Gasteiger partial charge in [0.2, 0.25) is 0 Å². The van der Waals surface area contributed by atoms with Crippen LogP contribution in [-0.2, 0) is 11.3 Å². The first-order valence-electron chi connectivity index (χ1n) is 6.27. The molecule has 21 heavy (non-hydrogen) atoms. The molecule has 8 heteroatoms. The third-order valence-electron chi connectivity index (χ3n) is 2.60. The number of likely N-dealkylation sites (N-methyl/N-ethyl adjacent to an activating group) is 1. The van der Waals surface area contributed by atoms with Crippen LogP contribution in [0.2, 0.25) is 0 Å². The topological polar surface area (TPSA) is 71.9 Å². The fourth-order valence-electron chi connectivity index (χ4n) is 1.71. The second kappa shape index (κ2) is 8.15. The molecule has 1 atom stereocenters. The van der Waals surface area contributed by atoms with Gasteiger partial charge in [-0.2, -0.15) is 8.78 Å². The Morgan fingerprint density at radius 3 is 2.43 bits per heavy atom. The Labute approximate surface area is 121 Å². The molecule has 3 N–H and O–H groups in total. The van der Waals surface area contributed by atoms with Gasteiger partial charge in [0.25, 0.3) is 5.91 Å². The van der Waals surface area contributed by atoms with Gasteiger partial charge in [-0.1, -0.05) is 0 Å². The molecule has 1 aromatic carbocycles. The molecule has 0 spiro atoms. The minimum atomic E-state index is -2.85. The molecule has 0 aliphatic heterocycles. The SMILES string of the molecule is CNC(=O)NC(=O)C[NH+](C)Cc1ccc(OC(F)F)cc1. The van der Waals surface area contributed by atoms with Gasteiger partial charge in [0.1, 0.15) is 12.3 Å². The summed E-state index contributed by atoms with van der Waals surface area (Å²) in [7, 11) is 3.20. The van der Waals surface area contributed by atoms with E-state index in [2.05, 4.69) is 15.4 Å². The molecule has 0 saturated carbocycles. The van der Waals surface area contributed by atoms with Crippen LogP contribution in [-0.4, -0.2) is 39.2 Å². The van der Waals surface area contributed by atoms with Gasteiger partial charge >= 0.3 is 12.6 Å². The molecular formula is C13H18F2N3O3+. The van der Waals surface area contributed by atoms with E-state index in [9.17, 15) is 18.4 Å². The zero-order valence-electron chi connectivity index (χ0n) is 11.8. The minimum Gasteiger partial charge on any atom is -0.435 e. The summed E-state index contributed by atoms with van der Waals surface area (Å²) in [5.41, 5.74) is 0.863. The Hall–Kier alpha value is -2.22. The van der Waals surface area contributed by atoms with Crippen molar-refractivity contribution in [2.24, 2.45) is 0 Å². The van der Waals surface area contributed by atoms with Crippen molar-refractivity contribution in [3.8, 4) is 5.75 Å². The molecule has 1 unspecified atom stereocenters. The number of quaternary nitrogens is 1. The van der Waals surface area contributed by atoms with Crippen LogP contribution in [0.25, 0.3) is 0 Å². The predicted octanol–water partition coefficient (Wildman–Crippen LogP) is -0.242. The molecule has 0 aliphatic rings. The standard InChI is InChI=1S/C13H17F2N3O3/c1-16-13(20)17-11(19)8-18(2)7-9-3-5-10(6-4-9)21-12(14)15/h3-6,12H,7-8H2,1-2H3,(H2,16,17,19,20)/p+1. The lowest BCUT2D eigenvalue weighted by Gasteiger charge is -2.13. The zero-order chi connectivity index (χ0) is 15.8. The van der Waals surface area contributed by atoms with Crippen molar-refractivity contribution in [2.75, 3.05) is 20.6 Å². The van der Waals surface area contributed by atoms with Crippen LogP contribution in [0.1, 0.15) is 5.56 Å². The Morgan fingerprint density at radius 2 is 1.90 bits per heavy atom. The molecular weight excluding hydrogens is 284 g/mol. The predicted molar refractivity (Wildman–Crippen MR) is 71.1 cm³/mol. The van der Waals surface area contributed by atoms with Gasteiger partial charge in [0.05, 0.1) is 7.05 Å². The lowest BCUT2D eigenvalue weighted by molar-refractivity contribution is -0.885. The highest BCUT2D eigenvalue weighted by Crippen LogP contribution is 2.14. The highest BCUT2D eigenvalue weighted by molar-refractivity contribution is 5.94. The first-order valence-corrected chi connectivity index (χ1v) is 6.27. The third-order valence-corrected chi connectivity index (χ3v) is 2.60. The van der Waals surface area contributed by atoms with Gasteiger partial charge in [0, 0.05) is 12.6 Å². The molecule has 0 bridgehead atoms. The average Bonchev–Trinajstić information content (AvgIpc) is 2.39. The number of imide groups is 1. The second-order valence-corrected chi connectivity index (χ2v) is 4.46. The van der Waals surface area contributed by atoms with E-state index in [4.69, 9.17) is 0 Å². The van der Waals surface area contributed by atoms with Gasteiger partial charge in [-0.15, -0.1) is 0 Å². The highest BCUT2D eigenvalue weighted by Gasteiger charge is 2.13. The van der Waals surface area contributed by atoms with E-state index in [1.807, 2.05) is 0 Å². The van der Waals surface area contributed by atoms with E-state index < -0.39 is 18.5 Å². The number of nitrogens with one attached hydrogen (secondary N) is 3. The maximum absolute atomic E-state index is 12.0. The Bertz CT molecular complexity index is 480. The van der Waals surface area contributed by atoms with E-state index >= 15 is 0 Å². The Kier molecular flexibility index (Phi) is 6.54. The van der Waals surface area contributed by atoms with E-state index in [1.165, 1.54) is 19.2 Å². The summed E-state index contributed by atoms with van der Waals surface area (Å²) in [6.07, 6.45) is 0. The first-order chi connectivity index (χ1) is 9.90. The maximum Gasteiger partial charge on any atom is 0.387 e. The fourth-order valence-corrected chi connectivity index (χ4v) is 1.71. The van der Waals surface area contributed by atoms with Crippen molar-refractivity contribution in [2.45, 2.75) is 13.2 Å². The maximum atomic E-state index is 12.0. The average molecular weight is 302 g/mol. The number of carbonyl (C=O) groups is 2. The van der Waals surface area contributed by atoms with Crippen molar-refractivity contribution in [3.63, 3.8) is 0 Å². The number of hydrogen-bond acceptors (Lipinski definition) is 3. The third kappa shape index (κ3) is 6.66. The normalized spacial score (nSPS) is 11.9. The monoisotopic (exact) mass is 302 g/mol. The number of rotatable bonds is 6. The molecule has 0 aliphatic carbocycles. The number of halogens is 2. The van der Waals surface area contributed by atoms with Crippen molar-refractivity contribution < 1.29 is 28.0 Å². The van der Waals surface area contributed by atoms with Crippen LogP contribution in [0.3, 0.4) is 0 Å². The van der Waals surface area contributed by atoms with E-state index in [0.717, 1.165) is 10.5 Å². The van der Waals surface area contributed by atoms with E-state index in [0.29, 0.717) is 6.54 Å². The number of carbonyl (C=O) groups excluding carboxylic acids is 2. The number of urea groups is 1. The summed E-state index contributed by atoms with van der Waals surface area (Å²) in [5.74, 6) is -0.312. The summed E-state index contributed by atoms with van der Waals surface area (Å²) in [6.45, 7) is -2.23. The van der Waals surface area contributed by atoms with Crippen LogP contribution in [0.5, 0.6) is 5.75 Å². The summed E-state index contributed by atoms with van der Waals surface area (Å²) in [5, 5.41) is 4.45. The van der Waals surface area contributed by atoms with Crippen molar-refractivity contribution in [1.29, 1.82) is 0 Å². The molecule has 6 nitrogen and oxygen atoms in total. The molecule has 0 fully saturated rings. The van der Waals surface area contributed by atoms with Gasteiger partial charge in [-0.05, 0) is 24.3 Å². The van der Waals surface area contributed by atoms with Crippen LogP contribution in [0.4, 0.5) is 13.6 Å². The van der Waals surface area contributed by atoms with Crippen LogP contribution in [0.15, 0.2) is 24.3 Å². The van der Waals surface area contributed by atoms with Crippen LogP contribution in [0, 0.1) is 0 Å². The number of amides is 3. The number of alkyl halides is 2. The van der Waals surface area contributed by atoms with Gasteiger partial charge in [0.15, 0.2) is 6.54 Å². The molecule has 1 rings (SSSR count). The zero-order valence-corrected chi connectivity index (χ0v) is 11.8. The molecule has 0 radical (unpaired) electrons. The second-order valence-electron chi connectivity index (χ2n) is 4.46. The number of hydrogen-bond donors (Lipinski definition) is 3. The molecule has 3 amide bonds. The van der Waals surface area contributed by atoms with Crippen LogP contribution >= 0.6 is 0 Å².